The van der Waals surface area contributed by atoms with Crippen molar-refractivity contribution < 1.29 is 9.90 Å². The minimum absolute atomic E-state index is 0.0483. The number of rotatable bonds is 1. The van der Waals surface area contributed by atoms with Gasteiger partial charge in [0.25, 0.3) is 5.91 Å². The summed E-state index contributed by atoms with van der Waals surface area (Å²) in [4.78, 5) is 14.0. The van der Waals surface area contributed by atoms with Crippen LogP contribution in [0, 0.1) is 13.8 Å². The van der Waals surface area contributed by atoms with Gasteiger partial charge < -0.3 is 10.0 Å². The van der Waals surface area contributed by atoms with E-state index in [1.165, 1.54) is 0 Å². The van der Waals surface area contributed by atoms with Gasteiger partial charge in [-0.2, -0.15) is 0 Å². The number of hydrogen-bond acceptors (Lipinski definition) is 2. The molecule has 86 valence electrons. The van der Waals surface area contributed by atoms with Gasteiger partial charge in [-0.25, -0.2) is 0 Å². The summed E-state index contributed by atoms with van der Waals surface area (Å²) in [7, 11) is 0. The normalized spacial score (nSPS) is 20.2. The lowest BCUT2D eigenvalue weighted by Gasteiger charge is -2.18. The molecule has 1 atom stereocenters. The van der Waals surface area contributed by atoms with Gasteiger partial charge in [0.1, 0.15) is 0 Å². The molecule has 1 unspecified atom stereocenters. The second-order valence-electron chi connectivity index (χ2n) is 4.46. The Balaban J connectivity index is 2.27. The van der Waals surface area contributed by atoms with E-state index < -0.39 is 0 Å². The fourth-order valence-corrected chi connectivity index (χ4v) is 2.24. The smallest absolute Gasteiger partial charge is 0.254 e. The molecule has 1 aromatic rings. The first-order chi connectivity index (χ1) is 7.59. The third-order valence-electron chi connectivity index (χ3n) is 3.15. The Bertz CT molecular complexity index is 394. The monoisotopic (exact) mass is 219 g/mol. The van der Waals surface area contributed by atoms with Gasteiger partial charge in [-0.05, 0) is 31.4 Å². The highest BCUT2D eigenvalue weighted by Crippen LogP contribution is 2.19. The number of carbonyl (C=O) groups is 1. The van der Waals surface area contributed by atoms with E-state index in [1.54, 1.807) is 4.90 Å². The molecule has 1 amide bonds. The average molecular weight is 219 g/mol. The molecular weight excluding hydrogens is 202 g/mol. The standard InChI is InChI=1S/C13H17NO2/c1-9-4-3-5-10(2)12(9)13(16)14-7-6-11(15)8-14/h3-5,11,15H,6-8H2,1-2H3. The summed E-state index contributed by atoms with van der Waals surface area (Å²) < 4.78 is 0. The molecule has 0 aromatic heterocycles. The summed E-state index contributed by atoms with van der Waals surface area (Å²) >= 11 is 0. The van der Waals surface area contributed by atoms with Crippen molar-refractivity contribution in [2.24, 2.45) is 0 Å². The number of aryl methyl sites for hydroxylation is 2. The second-order valence-corrected chi connectivity index (χ2v) is 4.46. The van der Waals surface area contributed by atoms with Crippen LogP contribution < -0.4 is 0 Å². The highest BCUT2D eigenvalue weighted by Gasteiger charge is 2.26. The van der Waals surface area contributed by atoms with E-state index in [1.807, 2.05) is 32.0 Å². The van der Waals surface area contributed by atoms with E-state index in [0.29, 0.717) is 19.5 Å². The molecule has 16 heavy (non-hydrogen) atoms. The third kappa shape index (κ3) is 1.95. The van der Waals surface area contributed by atoms with Crippen LogP contribution in [0.3, 0.4) is 0 Å². The van der Waals surface area contributed by atoms with Crippen molar-refractivity contribution in [1.82, 2.24) is 4.90 Å². The summed E-state index contributed by atoms with van der Waals surface area (Å²) in [5.41, 5.74) is 2.80. The fourth-order valence-electron chi connectivity index (χ4n) is 2.24. The highest BCUT2D eigenvalue weighted by atomic mass is 16.3. The molecule has 1 N–H and O–H groups in total. The quantitative estimate of drug-likeness (QED) is 0.777. The van der Waals surface area contributed by atoms with Gasteiger partial charge in [0.15, 0.2) is 0 Å². The minimum atomic E-state index is -0.353. The number of carbonyl (C=O) groups excluding carboxylic acids is 1. The maximum atomic E-state index is 12.2. The molecule has 1 aliphatic heterocycles. The van der Waals surface area contributed by atoms with Gasteiger partial charge in [0.2, 0.25) is 0 Å². The van der Waals surface area contributed by atoms with Crippen LogP contribution in [-0.4, -0.2) is 35.1 Å². The zero-order valence-corrected chi connectivity index (χ0v) is 9.73. The fraction of sp³-hybridized carbons (Fsp3) is 0.462. The van der Waals surface area contributed by atoms with Crippen molar-refractivity contribution in [3.05, 3.63) is 34.9 Å². The first-order valence-electron chi connectivity index (χ1n) is 5.63. The maximum absolute atomic E-state index is 12.2. The largest absolute Gasteiger partial charge is 0.391 e. The summed E-state index contributed by atoms with van der Waals surface area (Å²) in [6, 6.07) is 5.86. The zero-order valence-electron chi connectivity index (χ0n) is 9.73. The Morgan fingerprint density at radius 1 is 1.38 bits per heavy atom. The summed E-state index contributed by atoms with van der Waals surface area (Å²) in [5, 5.41) is 9.44. The summed E-state index contributed by atoms with van der Waals surface area (Å²) in [5.74, 6) is 0.0483. The van der Waals surface area contributed by atoms with E-state index >= 15 is 0 Å². The van der Waals surface area contributed by atoms with Crippen LogP contribution in [0.15, 0.2) is 18.2 Å². The van der Waals surface area contributed by atoms with Crippen LogP contribution in [0.25, 0.3) is 0 Å². The van der Waals surface area contributed by atoms with Crippen molar-refractivity contribution in [1.29, 1.82) is 0 Å². The topological polar surface area (TPSA) is 40.5 Å². The first-order valence-corrected chi connectivity index (χ1v) is 5.63. The Labute approximate surface area is 95.7 Å². The second kappa shape index (κ2) is 4.26. The van der Waals surface area contributed by atoms with Crippen molar-refractivity contribution in [3.8, 4) is 0 Å². The van der Waals surface area contributed by atoms with E-state index in [2.05, 4.69) is 0 Å². The molecule has 0 aliphatic carbocycles. The Morgan fingerprint density at radius 3 is 2.50 bits per heavy atom. The molecule has 1 aromatic carbocycles. The van der Waals surface area contributed by atoms with Gasteiger partial charge in [-0.1, -0.05) is 18.2 Å². The zero-order chi connectivity index (χ0) is 11.7. The summed E-state index contributed by atoms with van der Waals surface area (Å²) in [6.07, 6.45) is 0.338. The SMILES string of the molecule is Cc1cccc(C)c1C(=O)N1CCC(O)C1. The van der Waals surface area contributed by atoms with Crippen molar-refractivity contribution in [3.63, 3.8) is 0 Å². The van der Waals surface area contributed by atoms with Gasteiger partial charge in [0, 0.05) is 18.7 Å². The van der Waals surface area contributed by atoms with Crippen molar-refractivity contribution >= 4 is 5.91 Å². The van der Waals surface area contributed by atoms with E-state index in [-0.39, 0.29) is 12.0 Å². The van der Waals surface area contributed by atoms with E-state index in [9.17, 15) is 9.90 Å². The number of β-amino-alcohol motifs (C(OH)–C–C–N with tert-alkyl or cyclic N) is 1. The van der Waals surface area contributed by atoms with E-state index in [4.69, 9.17) is 0 Å². The number of hydrogen-bond donors (Lipinski definition) is 1. The third-order valence-corrected chi connectivity index (χ3v) is 3.15. The average Bonchev–Trinajstić information content (AvgIpc) is 2.64. The van der Waals surface area contributed by atoms with Gasteiger partial charge in [-0.3, -0.25) is 4.79 Å². The molecule has 0 saturated carbocycles. The predicted octanol–water partition coefficient (Wildman–Crippen LogP) is 1.51. The minimum Gasteiger partial charge on any atom is -0.391 e. The van der Waals surface area contributed by atoms with Gasteiger partial charge in [0.05, 0.1) is 6.10 Å². The molecule has 3 heteroatoms. The van der Waals surface area contributed by atoms with Crippen LogP contribution in [0.5, 0.6) is 0 Å². The molecule has 0 spiro atoms. The molecule has 0 bridgehead atoms. The van der Waals surface area contributed by atoms with Crippen LogP contribution in [0.1, 0.15) is 27.9 Å². The first kappa shape index (κ1) is 11.1. The van der Waals surface area contributed by atoms with Crippen LogP contribution in [0.2, 0.25) is 0 Å². The predicted molar refractivity (Wildman–Crippen MR) is 62.4 cm³/mol. The lowest BCUT2D eigenvalue weighted by Crippen LogP contribution is -2.30. The lowest BCUT2D eigenvalue weighted by atomic mass is 10.0. The Morgan fingerprint density at radius 2 is 2.00 bits per heavy atom. The number of amides is 1. The number of nitrogens with zero attached hydrogens (tertiary/aromatic N) is 1. The molecule has 1 fully saturated rings. The molecular formula is C13H17NO2. The molecule has 1 aliphatic rings. The highest BCUT2D eigenvalue weighted by molar-refractivity contribution is 5.97. The summed E-state index contributed by atoms with van der Waals surface area (Å²) in [6.45, 7) is 5.03. The molecule has 2 rings (SSSR count). The number of aliphatic hydroxyl groups is 1. The van der Waals surface area contributed by atoms with Crippen LogP contribution >= 0.6 is 0 Å². The van der Waals surface area contributed by atoms with Gasteiger partial charge >= 0.3 is 0 Å². The van der Waals surface area contributed by atoms with Crippen LogP contribution in [-0.2, 0) is 0 Å². The van der Waals surface area contributed by atoms with Crippen LogP contribution in [0.4, 0.5) is 0 Å². The molecule has 1 heterocycles. The lowest BCUT2D eigenvalue weighted by molar-refractivity contribution is 0.0763. The molecule has 3 nitrogen and oxygen atoms in total. The Hall–Kier alpha value is -1.35. The van der Waals surface area contributed by atoms with Crippen molar-refractivity contribution in [2.75, 3.05) is 13.1 Å². The number of likely N-dealkylation sites (tertiary alicyclic amines) is 1. The van der Waals surface area contributed by atoms with Crippen molar-refractivity contribution in [2.45, 2.75) is 26.4 Å². The molecule has 1 saturated heterocycles. The Kier molecular flexibility index (Phi) is 2.97. The maximum Gasteiger partial charge on any atom is 0.254 e. The van der Waals surface area contributed by atoms with E-state index in [0.717, 1.165) is 16.7 Å². The molecule has 0 radical (unpaired) electrons. The number of benzene rings is 1. The van der Waals surface area contributed by atoms with Gasteiger partial charge in [-0.15, -0.1) is 0 Å². The number of aliphatic hydroxyl groups excluding tert-OH is 1.